The van der Waals surface area contributed by atoms with E-state index in [1.165, 1.54) is 34.8 Å². The molecule has 1 N–H and O–H groups in total. The molecular formula is C25H24FN5O4S. The normalized spacial score (nSPS) is 14.6. The summed E-state index contributed by atoms with van der Waals surface area (Å²) < 4.78 is 27.0. The first-order valence-corrected chi connectivity index (χ1v) is 12.3. The predicted molar refractivity (Wildman–Crippen MR) is 134 cm³/mol. The molecule has 11 heteroatoms. The summed E-state index contributed by atoms with van der Waals surface area (Å²) in [5.41, 5.74) is 1.79. The molecule has 9 nitrogen and oxygen atoms in total. The number of hydrogen-bond acceptors (Lipinski definition) is 7. The van der Waals surface area contributed by atoms with E-state index in [0.29, 0.717) is 52.1 Å². The van der Waals surface area contributed by atoms with Gasteiger partial charge in [0.15, 0.2) is 22.3 Å². The molecule has 5 rings (SSSR count). The van der Waals surface area contributed by atoms with Crippen molar-refractivity contribution < 1.29 is 18.7 Å². The van der Waals surface area contributed by atoms with Gasteiger partial charge in [0.25, 0.3) is 5.56 Å². The Morgan fingerprint density at radius 1 is 1.17 bits per heavy atom. The molecule has 1 unspecified atom stereocenters. The molecule has 2 aromatic carbocycles. The highest BCUT2D eigenvalue weighted by Crippen LogP contribution is 2.33. The highest BCUT2D eigenvalue weighted by Gasteiger charge is 2.29. The fourth-order valence-electron chi connectivity index (χ4n) is 4.22. The van der Waals surface area contributed by atoms with Crippen molar-refractivity contribution >= 4 is 28.7 Å². The number of amides is 1. The minimum Gasteiger partial charge on any atom is -0.493 e. The number of rotatable bonds is 8. The van der Waals surface area contributed by atoms with Crippen LogP contribution in [0.2, 0.25) is 0 Å². The summed E-state index contributed by atoms with van der Waals surface area (Å²) in [6, 6.07) is 11.2. The van der Waals surface area contributed by atoms with Gasteiger partial charge in [-0.05, 0) is 48.4 Å². The Kier molecular flexibility index (Phi) is 6.64. The van der Waals surface area contributed by atoms with Crippen molar-refractivity contribution in [3.05, 3.63) is 70.4 Å². The molecule has 3 heterocycles. The Hall–Kier alpha value is -3.86. The number of halogens is 1. The fraction of sp³-hybridized carbons (Fsp3) is 0.280. The van der Waals surface area contributed by atoms with Crippen molar-refractivity contribution in [2.24, 2.45) is 0 Å². The summed E-state index contributed by atoms with van der Waals surface area (Å²) in [5.74, 6) is 1.37. The lowest BCUT2D eigenvalue weighted by atomic mass is 10.1. The van der Waals surface area contributed by atoms with Gasteiger partial charge in [0, 0.05) is 18.7 Å². The smallest absolute Gasteiger partial charge is 0.265 e. The van der Waals surface area contributed by atoms with E-state index in [1.807, 2.05) is 18.2 Å². The van der Waals surface area contributed by atoms with Gasteiger partial charge < -0.3 is 14.8 Å². The molecule has 0 saturated heterocycles. The van der Waals surface area contributed by atoms with Crippen LogP contribution in [0.3, 0.4) is 0 Å². The van der Waals surface area contributed by atoms with Crippen LogP contribution in [-0.2, 0) is 11.2 Å². The first-order chi connectivity index (χ1) is 17.5. The predicted octanol–water partition coefficient (Wildman–Crippen LogP) is 3.13. The molecule has 1 aliphatic heterocycles. The SMILES string of the molecule is COc1ccc(CCNC(=O)CC2CSc3nc4c(cnn4-c4ccc(F)cc4)c(=O)n32)cc1OC. The van der Waals surface area contributed by atoms with Crippen LogP contribution in [-0.4, -0.2) is 51.8 Å². The maximum Gasteiger partial charge on any atom is 0.265 e. The van der Waals surface area contributed by atoms with Crippen molar-refractivity contribution in [3.63, 3.8) is 0 Å². The molecule has 0 saturated carbocycles. The molecule has 0 radical (unpaired) electrons. The summed E-state index contributed by atoms with van der Waals surface area (Å²) in [4.78, 5) is 30.6. The van der Waals surface area contributed by atoms with E-state index in [0.717, 1.165) is 5.56 Å². The zero-order chi connectivity index (χ0) is 25.2. The molecule has 0 fully saturated rings. The molecule has 0 bridgehead atoms. The summed E-state index contributed by atoms with van der Waals surface area (Å²) in [6.07, 6.45) is 2.27. The van der Waals surface area contributed by atoms with Gasteiger partial charge in [-0.15, -0.1) is 0 Å². The molecular weight excluding hydrogens is 485 g/mol. The fourth-order valence-corrected chi connectivity index (χ4v) is 5.35. The number of nitrogens with one attached hydrogen (secondary N) is 1. The van der Waals surface area contributed by atoms with E-state index in [4.69, 9.17) is 9.47 Å². The van der Waals surface area contributed by atoms with Crippen molar-refractivity contribution in [2.45, 2.75) is 24.0 Å². The second-order valence-electron chi connectivity index (χ2n) is 8.30. The number of aromatic nitrogens is 4. The van der Waals surface area contributed by atoms with E-state index in [2.05, 4.69) is 15.4 Å². The number of carbonyl (C=O) groups excluding carboxylic acids is 1. The minimum absolute atomic E-state index is 0.136. The number of fused-ring (bicyclic) bond motifs is 2. The number of methoxy groups -OCH3 is 2. The van der Waals surface area contributed by atoms with Gasteiger partial charge in [-0.2, -0.15) is 5.10 Å². The van der Waals surface area contributed by atoms with Gasteiger partial charge in [0.05, 0.1) is 32.1 Å². The standard InChI is InChI=1S/C25H24FN5O4S/c1-34-20-8-3-15(11-21(20)35-2)9-10-27-22(32)12-18-14-36-25-29-23-19(24(33)30(18)25)13-28-31(23)17-6-4-16(26)5-7-17/h3-8,11,13,18H,9-10,12,14H2,1-2H3,(H,27,32). The van der Waals surface area contributed by atoms with Crippen LogP contribution in [0.1, 0.15) is 18.0 Å². The van der Waals surface area contributed by atoms with E-state index in [1.54, 1.807) is 30.9 Å². The topological polar surface area (TPSA) is 100 Å². The van der Waals surface area contributed by atoms with E-state index in [-0.39, 0.29) is 29.7 Å². The van der Waals surface area contributed by atoms with Gasteiger partial charge in [0.1, 0.15) is 11.2 Å². The van der Waals surface area contributed by atoms with Crippen LogP contribution in [0.25, 0.3) is 16.7 Å². The van der Waals surface area contributed by atoms with Crippen molar-refractivity contribution in [3.8, 4) is 17.2 Å². The van der Waals surface area contributed by atoms with Gasteiger partial charge >= 0.3 is 0 Å². The first-order valence-electron chi connectivity index (χ1n) is 11.3. The number of carbonyl (C=O) groups is 1. The lowest BCUT2D eigenvalue weighted by Gasteiger charge is -2.14. The van der Waals surface area contributed by atoms with Gasteiger partial charge in [-0.25, -0.2) is 14.1 Å². The number of hydrogen-bond donors (Lipinski definition) is 1. The van der Waals surface area contributed by atoms with Crippen LogP contribution >= 0.6 is 11.8 Å². The second-order valence-corrected chi connectivity index (χ2v) is 9.29. The van der Waals surface area contributed by atoms with Crippen LogP contribution in [0.4, 0.5) is 4.39 Å². The monoisotopic (exact) mass is 509 g/mol. The first kappa shape index (κ1) is 23.9. The largest absolute Gasteiger partial charge is 0.493 e. The number of ether oxygens (including phenoxy) is 2. The average molecular weight is 510 g/mol. The third-order valence-electron chi connectivity index (χ3n) is 6.05. The molecule has 0 aliphatic carbocycles. The summed E-state index contributed by atoms with van der Waals surface area (Å²) >= 11 is 1.43. The molecule has 1 atom stereocenters. The van der Waals surface area contributed by atoms with Crippen molar-refractivity contribution in [2.75, 3.05) is 26.5 Å². The van der Waals surface area contributed by atoms with Gasteiger partial charge in [0.2, 0.25) is 5.91 Å². The van der Waals surface area contributed by atoms with E-state index >= 15 is 0 Å². The van der Waals surface area contributed by atoms with Crippen LogP contribution in [0, 0.1) is 5.82 Å². The van der Waals surface area contributed by atoms with Crippen LogP contribution in [0.5, 0.6) is 11.5 Å². The summed E-state index contributed by atoms with van der Waals surface area (Å²) in [6.45, 7) is 0.456. The van der Waals surface area contributed by atoms with E-state index < -0.39 is 0 Å². The average Bonchev–Trinajstić information content (AvgIpc) is 3.49. The maximum absolute atomic E-state index is 13.3. The zero-order valence-electron chi connectivity index (χ0n) is 19.7. The molecule has 1 aliphatic rings. The Balaban J connectivity index is 1.27. The Bertz CT molecular complexity index is 1480. The van der Waals surface area contributed by atoms with Gasteiger partial charge in [-0.3, -0.25) is 14.2 Å². The number of nitrogens with zero attached hydrogens (tertiary/aromatic N) is 4. The summed E-state index contributed by atoms with van der Waals surface area (Å²) in [5, 5.41) is 8.12. The quantitative estimate of drug-likeness (QED) is 0.364. The number of benzene rings is 2. The molecule has 1 amide bonds. The van der Waals surface area contributed by atoms with Crippen molar-refractivity contribution in [1.29, 1.82) is 0 Å². The third-order valence-corrected chi connectivity index (χ3v) is 7.14. The Morgan fingerprint density at radius 2 is 1.94 bits per heavy atom. The summed E-state index contributed by atoms with van der Waals surface area (Å²) in [7, 11) is 3.17. The lowest BCUT2D eigenvalue weighted by molar-refractivity contribution is -0.121. The third kappa shape index (κ3) is 4.53. The Morgan fingerprint density at radius 3 is 2.69 bits per heavy atom. The van der Waals surface area contributed by atoms with Gasteiger partial charge in [-0.1, -0.05) is 17.8 Å². The zero-order valence-corrected chi connectivity index (χ0v) is 20.5. The molecule has 2 aromatic heterocycles. The highest BCUT2D eigenvalue weighted by atomic mass is 32.2. The van der Waals surface area contributed by atoms with Crippen molar-refractivity contribution in [1.82, 2.24) is 24.6 Å². The molecule has 186 valence electrons. The second kappa shape index (κ2) is 10.0. The number of thioether (sulfide) groups is 1. The highest BCUT2D eigenvalue weighted by molar-refractivity contribution is 7.99. The van der Waals surface area contributed by atoms with E-state index in [9.17, 15) is 14.0 Å². The van der Waals surface area contributed by atoms with Crippen LogP contribution < -0.4 is 20.3 Å². The lowest BCUT2D eigenvalue weighted by Crippen LogP contribution is -2.31. The maximum atomic E-state index is 13.3. The van der Waals surface area contributed by atoms with Crippen LogP contribution in [0.15, 0.2) is 58.6 Å². The molecule has 4 aromatic rings. The minimum atomic E-state index is -0.357. The Labute approximate surface area is 210 Å². The molecule has 0 spiro atoms. The molecule has 36 heavy (non-hydrogen) atoms.